The third-order valence-corrected chi connectivity index (χ3v) is 6.03. The molecule has 0 radical (unpaired) electrons. The molecule has 3 aromatic rings. The summed E-state index contributed by atoms with van der Waals surface area (Å²) in [5, 5.41) is 9.99. The SMILES string of the molecule is Cc1[nH]nc2c1C(c1ccccc1OCc1ccccc1)SC(C)C(=O)N2. The lowest BCUT2D eigenvalue weighted by Crippen LogP contribution is -2.21. The summed E-state index contributed by atoms with van der Waals surface area (Å²) in [5.41, 5.74) is 4.13. The average molecular weight is 379 g/mol. The van der Waals surface area contributed by atoms with Gasteiger partial charge < -0.3 is 10.1 Å². The highest BCUT2D eigenvalue weighted by atomic mass is 32.2. The van der Waals surface area contributed by atoms with E-state index in [1.54, 1.807) is 11.8 Å². The summed E-state index contributed by atoms with van der Waals surface area (Å²) >= 11 is 1.61. The molecule has 0 saturated carbocycles. The van der Waals surface area contributed by atoms with Crippen molar-refractivity contribution in [3.63, 3.8) is 0 Å². The molecule has 0 bridgehead atoms. The molecule has 138 valence electrons. The number of thioether (sulfide) groups is 1. The standard InChI is InChI=1S/C21H21N3O2S/c1-13-18-19(27-14(2)21(25)22-20(18)24-23-13)16-10-6-7-11-17(16)26-12-15-8-4-3-5-9-15/h3-11,14,19H,12H2,1-2H3,(H2,22,23,24,25). The number of fused-ring (bicyclic) bond motifs is 1. The minimum Gasteiger partial charge on any atom is -0.489 e. The average Bonchev–Trinajstić information content (AvgIpc) is 2.99. The molecule has 1 aliphatic rings. The maximum atomic E-state index is 12.3. The van der Waals surface area contributed by atoms with Crippen LogP contribution in [0.25, 0.3) is 0 Å². The second kappa shape index (κ2) is 7.48. The summed E-state index contributed by atoms with van der Waals surface area (Å²) < 4.78 is 6.16. The van der Waals surface area contributed by atoms with Gasteiger partial charge in [0.25, 0.3) is 0 Å². The monoisotopic (exact) mass is 379 g/mol. The van der Waals surface area contributed by atoms with Gasteiger partial charge >= 0.3 is 0 Å². The van der Waals surface area contributed by atoms with Crippen LogP contribution in [-0.2, 0) is 11.4 Å². The quantitative estimate of drug-likeness (QED) is 0.702. The van der Waals surface area contributed by atoms with Gasteiger partial charge in [-0.1, -0.05) is 48.5 Å². The lowest BCUT2D eigenvalue weighted by Gasteiger charge is -2.21. The zero-order valence-electron chi connectivity index (χ0n) is 15.2. The van der Waals surface area contributed by atoms with Crippen molar-refractivity contribution in [2.75, 3.05) is 5.32 Å². The fourth-order valence-electron chi connectivity index (χ4n) is 3.20. The third kappa shape index (κ3) is 3.57. The number of ether oxygens (including phenoxy) is 1. The molecule has 5 nitrogen and oxygen atoms in total. The number of nitrogens with zero attached hydrogens (tertiary/aromatic N) is 1. The van der Waals surface area contributed by atoms with Crippen LogP contribution in [0.4, 0.5) is 5.82 Å². The van der Waals surface area contributed by atoms with E-state index in [4.69, 9.17) is 4.74 Å². The van der Waals surface area contributed by atoms with Crippen molar-refractivity contribution in [1.29, 1.82) is 0 Å². The largest absolute Gasteiger partial charge is 0.489 e. The summed E-state index contributed by atoms with van der Waals surface area (Å²) in [6, 6.07) is 18.1. The first-order valence-corrected chi connectivity index (χ1v) is 9.84. The molecule has 6 heteroatoms. The number of hydrogen-bond acceptors (Lipinski definition) is 4. The molecule has 2 aromatic carbocycles. The molecule has 2 N–H and O–H groups in total. The predicted octanol–water partition coefficient (Wildman–Crippen LogP) is 4.46. The summed E-state index contributed by atoms with van der Waals surface area (Å²) in [6.07, 6.45) is 0. The van der Waals surface area contributed by atoms with Gasteiger partial charge in [0, 0.05) is 16.8 Å². The summed E-state index contributed by atoms with van der Waals surface area (Å²) in [6.45, 7) is 4.40. The highest BCUT2D eigenvalue weighted by Crippen LogP contribution is 2.47. The molecule has 1 aliphatic heterocycles. The minimum absolute atomic E-state index is 0.0297. The van der Waals surface area contributed by atoms with E-state index in [-0.39, 0.29) is 16.4 Å². The highest BCUT2D eigenvalue weighted by molar-refractivity contribution is 8.01. The van der Waals surface area contributed by atoms with Crippen LogP contribution in [0.15, 0.2) is 54.6 Å². The van der Waals surface area contributed by atoms with Crippen molar-refractivity contribution < 1.29 is 9.53 Å². The fraction of sp³-hybridized carbons (Fsp3) is 0.238. The maximum absolute atomic E-state index is 12.3. The van der Waals surface area contributed by atoms with Crippen LogP contribution in [0.1, 0.15) is 34.6 Å². The van der Waals surface area contributed by atoms with Crippen LogP contribution in [0, 0.1) is 6.92 Å². The van der Waals surface area contributed by atoms with Gasteiger partial charge in [-0.05, 0) is 25.5 Å². The zero-order chi connectivity index (χ0) is 18.8. The normalized spacial score (nSPS) is 19.1. The Labute approximate surface area is 162 Å². The number of carbonyl (C=O) groups excluding carboxylic acids is 1. The van der Waals surface area contributed by atoms with Crippen molar-refractivity contribution in [2.24, 2.45) is 0 Å². The van der Waals surface area contributed by atoms with E-state index in [1.807, 2.05) is 62.4 Å². The van der Waals surface area contributed by atoms with Gasteiger partial charge in [-0.25, -0.2) is 0 Å². The number of aromatic nitrogens is 2. The lowest BCUT2D eigenvalue weighted by molar-refractivity contribution is -0.115. The first-order chi connectivity index (χ1) is 13.1. The predicted molar refractivity (Wildman–Crippen MR) is 108 cm³/mol. The number of anilines is 1. The van der Waals surface area contributed by atoms with Gasteiger partial charge in [0.1, 0.15) is 12.4 Å². The van der Waals surface area contributed by atoms with Crippen molar-refractivity contribution >= 4 is 23.5 Å². The first-order valence-electron chi connectivity index (χ1n) is 8.90. The fourth-order valence-corrected chi connectivity index (χ4v) is 4.56. The summed E-state index contributed by atoms with van der Waals surface area (Å²) in [7, 11) is 0. The minimum atomic E-state index is -0.189. The molecule has 2 unspecified atom stereocenters. The van der Waals surface area contributed by atoms with Gasteiger partial charge in [-0.3, -0.25) is 9.89 Å². The van der Waals surface area contributed by atoms with Gasteiger partial charge in [0.15, 0.2) is 5.82 Å². The Hall–Kier alpha value is -2.73. The van der Waals surface area contributed by atoms with E-state index in [0.717, 1.165) is 28.1 Å². The van der Waals surface area contributed by atoms with Crippen molar-refractivity contribution in [3.8, 4) is 5.75 Å². The number of rotatable bonds is 4. The summed E-state index contributed by atoms with van der Waals surface area (Å²) in [5.74, 6) is 1.40. The Morgan fingerprint density at radius 1 is 1.11 bits per heavy atom. The van der Waals surface area contributed by atoms with Crippen LogP contribution in [0.5, 0.6) is 5.75 Å². The molecule has 0 fully saturated rings. The molecule has 1 aromatic heterocycles. The van der Waals surface area contributed by atoms with Gasteiger partial charge in [-0.2, -0.15) is 5.10 Å². The Balaban J connectivity index is 1.70. The van der Waals surface area contributed by atoms with Gasteiger partial charge in [0.05, 0.1) is 10.5 Å². The lowest BCUT2D eigenvalue weighted by atomic mass is 10.0. The molecular weight excluding hydrogens is 358 g/mol. The van der Waals surface area contributed by atoms with E-state index in [2.05, 4.69) is 21.6 Å². The third-order valence-electron chi connectivity index (χ3n) is 4.65. The second-order valence-electron chi connectivity index (χ2n) is 6.57. The van der Waals surface area contributed by atoms with Crippen molar-refractivity contribution in [3.05, 3.63) is 77.0 Å². The number of para-hydroxylation sites is 1. The number of H-pyrrole nitrogens is 1. The number of hydrogen-bond donors (Lipinski definition) is 2. The zero-order valence-corrected chi connectivity index (χ0v) is 16.0. The molecule has 27 heavy (non-hydrogen) atoms. The van der Waals surface area contributed by atoms with Gasteiger partial charge in [-0.15, -0.1) is 11.8 Å². The molecular formula is C21H21N3O2S. The molecule has 2 atom stereocenters. The van der Waals surface area contributed by atoms with Crippen LogP contribution in [0.2, 0.25) is 0 Å². The number of amides is 1. The smallest absolute Gasteiger partial charge is 0.238 e. The van der Waals surface area contributed by atoms with Crippen molar-refractivity contribution in [2.45, 2.75) is 31.0 Å². The second-order valence-corrected chi connectivity index (χ2v) is 8.02. The first kappa shape index (κ1) is 17.7. The van der Waals surface area contributed by atoms with Crippen LogP contribution < -0.4 is 10.1 Å². The number of benzene rings is 2. The number of nitrogens with one attached hydrogen (secondary N) is 2. The Bertz CT molecular complexity index is 955. The van der Waals surface area contributed by atoms with Crippen LogP contribution >= 0.6 is 11.8 Å². The molecule has 1 amide bonds. The highest BCUT2D eigenvalue weighted by Gasteiger charge is 2.33. The number of aryl methyl sites for hydroxylation is 1. The van der Waals surface area contributed by atoms with Crippen LogP contribution in [0.3, 0.4) is 0 Å². The van der Waals surface area contributed by atoms with E-state index in [0.29, 0.717) is 12.4 Å². The molecule has 0 aliphatic carbocycles. The molecule has 4 rings (SSSR count). The maximum Gasteiger partial charge on any atom is 0.238 e. The van der Waals surface area contributed by atoms with E-state index < -0.39 is 0 Å². The van der Waals surface area contributed by atoms with E-state index in [1.165, 1.54) is 0 Å². The van der Waals surface area contributed by atoms with Gasteiger partial charge in [0.2, 0.25) is 5.91 Å². The molecule has 0 saturated heterocycles. The molecule has 0 spiro atoms. The Morgan fingerprint density at radius 3 is 2.67 bits per heavy atom. The topological polar surface area (TPSA) is 67.0 Å². The Morgan fingerprint density at radius 2 is 1.85 bits per heavy atom. The number of carbonyl (C=O) groups is 1. The van der Waals surface area contributed by atoms with Crippen LogP contribution in [-0.4, -0.2) is 21.4 Å². The summed E-state index contributed by atoms with van der Waals surface area (Å²) in [4.78, 5) is 12.3. The van der Waals surface area contributed by atoms with E-state index in [9.17, 15) is 4.79 Å². The van der Waals surface area contributed by atoms with Crippen molar-refractivity contribution in [1.82, 2.24) is 10.2 Å². The Kier molecular flexibility index (Phi) is 4.90. The van der Waals surface area contributed by atoms with E-state index >= 15 is 0 Å². The number of aromatic amines is 1. The molecule has 2 heterocycles.